The molecule has 0 bridgehead atoms. The number of thiocarbonyl (C=S) groups is 1. The summed E-state index contributed by atoms with van der Waals surface area (Å²) >= 11 is 12.5. The number of methoxy groups -OCH3 is 1. The molecular weight excluding hydrogens is 460 g/mol. The predicted molar refractivity (Wildman–Crippen MR) is 124 cm³/mol. The van der Waals surface area contributed by atoms with E-state index in [1.165, 1.54) is 28.8 Å². The van der Waals surface area contributed by atoms with Gasteiger partial charge in [-0.3, -0.25) is 19.8 Å². The molecule has 0 aliphatic carbocycles. The van der Waals surface area contributed by atoms with Crippen LogP contribution in [-0.2, 0) is 4.79 Å². The Labute approximate surface area is 191 Å². The summed E-state index contributed by atoms with van der Waals surface area (Å²) in [7, 11) is 1.57. The SMILES string of the molecule is COc1ccc(N2C(=O)C(=Cc3ccc(-c4ccc([N+](=O)[O-])c(Cl)c4)o3)SC2=S)cc1. The van der Waals surface area contributed by atoms with Gasteiger partial charge in [-0.2, -0.15) is 0 Å². The van der Waals surface area contributed by atoms with Crippen LogP contribution in [0, 0.1) is 10.1 Å². The van der Waals surface area contributed by atoms with Crippen molar-refractivity contribution in [1.29, 1.82) is 0 Å². The van der Waals surface area contributed by atoms with E-state index in [4.69, 9.17) is 33.0 Å². The van der Waals surface area contributed by atoms with Gasteiger partial charge >= 0.3 is 0 Å². The van der Waals surface area contributed by atoms with Crippen molar-refractivity contribution in [3.63, 3.8) is 0 Å². The molecule has 1 fully saturated rings. The first-order chi connectivity index (χ1) is 14.9. The second-order valence-electron chi connectivity index (χ2n) is 6.34. The second kappa shape index (κ2) is 8.54. The Morgan fingerprint density at radius 2 is 1.94 bits per heavy atom. The maximum absolute atomic E-state index is 12.9. The molecule has 2 heterocycles. The fourth-order valence-corrected chi connectivity index (χ4v) is 4.47. The van der Waals surface area contributed by atoms with Gasteiger partial charge in [0.2, 0.25) is 0 Å². The van der Waals surface area contributed by atoms with E-state index in [0.717, 1.165) is 0 Å². The van der Waals surface area contributed by atoms with E-state index in [1.807, 2.05) is 0 Å². The van der Waals surface area contributed by atoms with E-state index in [2.05, 4.69) is 0 Å². The summed E-state index contributed by atoms with van der Waals surface area (Å²) in [4.78, 5) is 25.1. The Morgan fingerprint density at radius 1 is 1.19 bits per heavy atom. The highest BCUT2D eigenvalue weighted by atomic mass is 35.5. The Hall–Kier alpha value is -3.14. The van der Waals surface area contributed by atoms with Crippen molar-refractivity contribution in [3.8, 4) is 17.1 Å². The molecule has 1 aliphatic rings. The van der Waals surface area contributed by atoms with Gasteiger partial charge in [-0.25, -0.2) is 0 Å². The molecule has 3 aromatic rings. The molecule has 10 heteroatoms. The highest BCUT2D eigenvalue weighted by molar-refractivity contribution is 8.27. The number of carbonyl (C=O) groups is 1. The number of ether oxygens (including phenoxy) is 1. The smallest absolute Gasteiger partial charge is 0.287 e. The zero-order valence-electron chi connectivity index (χ0n) is 15.9. The van der Waals surface area contributed by atoms with Crippen LogP contribution < -0.4 is 9.64 Å². The minimum atomic E-state index is -0.551. The van der Waals surface area contributed by atoms with Crippen LogP contribution in [0.5, 0.6) is 5.75 Å². The van der Waals surface area contributed by atoms with Gasteiger partial charge in [0, 0.05) is 17.7 Å². The molecule has 0 radical (unpaired) electrons. The van der Waals surface area contributed by atoms with Crippen LogP contribution in [0.1, 0.15) is 5.76 Å². The molecule has 0 atom stereocenters. The number of thioether (sulfide) groups is 1. The number of nitro groups is 1. The van der Waals surface area contributed by atoms with Gasteiger partial charge in [0.05, 0.1) is 22.6 Å². The van der Waals surface area contributed by atoms with E-state index in [-0.39, 0.29) is 16.6 Å². The number of halogens is 1. The highest BCUT2D eigenvalue weighted by Crippen LogP contribution is 2.37. The normalized spacial score (nSPS) is 15.0. The fourth-order valence-electron chi connectivity index (χ4n) is 2.94. The molecule has 1 aromatic heterocycles. The standard InChI is InChI=1S/C21H13ClN2O5S2/c1-28-14-5-3-13(4-6-14)23-20(25)19(31-21(23)30)11-15-7-9-18(29-15)12-2-8-17(24(26)27)16(22)10-12/h2-11H,1H3. The maximum atomic E-state index is 12.9. The summed E-state index contributed by atoms with van der Waals surface area (Å²) in [6, 6.07) is 14.8. The third-order valence-electron chi connectivity index (χ3n) is 4.45. The van der Waals surface area contributed by atoms with E-state index in [1.54, 1.807) is 55.7 Å². The van der Waals surface area contributed by atoms with Crippen LogP contribution in [0.2, 0.25) is 5.02 Å². The molecular formula is C21H13ClN2O5S2. The number of amides is 1. The van der Waals surface area contributed by atoms with Crippen molar-refractivity contribution >= 4 is 63.3 Å². The van der Waals surface area contributed by atoms with E-state index >= 15 is 0 Å². The first-order valence-corrected chi connectivity index (χ1v) is 10.4. The van der Waals surface area contributed by atoms with Crippen molar-refractivity contribution in [3.05, 3.63) is 80.4 Å². The molecule has 0 N–H and O–H groups in total. The Bertz CT molecular complexity index is 1240. The predicted octanol–water partition coefficient (Wildman–Crippen LogP) is 5.92. The summed E-state index contributed by atoms with van der Waals surface area (Å²) in [5.41, 5.74) is 1.05. The molecule has 7 nitrogen and oxygen atoms in total. The number of nitrogens with zero attached hydrogens (tertiary/aromatic N) is 2. The number of furan rings is 1. The van der Waals surface area contributed by atoms with Gasteiger partial charge in [0.15, 0.2) is 4.32 Å². The van der Waals surface area contributed by atoms with Gasteiger partial charge in [-0.05, 0) is 48.5 Å². The van der Waals surface area contributed by atoms with E-state index in [9.17, 15) is 14.9 Å². The average Bonchev–Trinajstić information content (AvgIpc) is 3.32. The van der Waals surface area contributed by atoms with Gasteiger partial charge in [-0.1, -0.05) is 35.6 Å². The van der Waals surface area contributed by atoms with Crippen LogP contribution in [0.4, 0.5) is 11.4 Å². The lowest BCUT2D eigenvalue weighted by atomic mass is 10.1. The molecule has 1 aliphatic heterocycles. The van der Waals surface area contributed by atoms with Crippen LogP contribution in [0.15, 0.2) is 63.9 Å². The van der Waals surface area contributed by atoms with Crippen LogP contribution in [0.25, 0.3) is 17.4 Å². The Balaban J connectivity index is 1.58. The van der Waals surface area contributed by atoms with Crippen LogP contribution in [0.3, 0.4) is 0 Å². The molecule has 156 valence electrons. The molecule has 0 spiro atoms. The van der Waals surface area contributed by atoms with Gasteiger partial charge in [-0.15, -0.1) is 0 Å². The minimum absolute atomic E-state index is 0.0146. The topological polar surface area (TPSA) is 85.8 Å². The minimum Gasteiger partial charge on any atom is -0.497 e. The van der Waals surface area contributed by atoms with Crippen molar-refractivity contribution < 1.29 is 18.9 Å². The zero-order chi connectivity index (χ0) is 22.1. The van der Waals surface area contributed by atoms with Crippen molar-refractivity contribution in [2.45, 2.75) is 0 Å². The van der Waals surface area contributed by atoms with Crippen molar-refractivity contribution in [2.24, 2.45) is 0 Å². The Kier molecular flexibility index (Phi) is 5.81. The lowest BCUT2D eigenvalue weighted by Crippen LogP contribution is -2.27. The summed E-state index contributed by atoms with van der Waals surface area (Å²) in [6.07, 6.45) is 1.61. The number of anilines is 1. The van der Waals surface area contributed by atoms with Crippen LogP contribution >= 0.6 is 35.6 Å². The van der Waals surface area contributed by atoms with Crippen LogP contribution in [-0.4, -0.2) is 22.3 Å². The number of nitro benzene ring substituents is 1. The number of rotatable bonds is 5. The van der Waals surface area contributed by atoms with Gasteiger partial charge in [0.1, 0.15) is 22.3 Å². The molecule has 2 aromatic carbocycles. The quantitative estimate of drug-likeness (QED) is 0.197. The van der Waals surface area contributed by atoms with Crippen molar-refractivity contribution in [2.75, 3.05) is 12.0 Å². The summed E-state index contributed by atoms with van der Waals surface area (Å²) in [6.45, 7) is 0. The first kappa shape index (κ1) is 21.1. The average molecular weight is 473 g/mol. The summed E-state index contributed by atoms with van der Waals surface area (Å²) < 4.78 is 11.3. The van der Waals surface area contributed by atoms with E-state index < -0.39 is 4.92 Å². The number of benzene rings is 2. The number of hydrogen-bond acceptors (Lipinski definition) is 7. The second-order valence-corrected chi connectivity index (χ2v) is 8.42. The van der Waals surface area contributed by atoms with Crippen molar-refractivity contribution in [1.82, 2.24) is 0 Å². The maximum Gasteiger partial charge on any atom is 0.287 e. The monoisotopic (exact) mass is 472 g/mol. The Morgan fingerprint density at radius 3 is 2.58 bits per heavy atom. The molecule has 0 unspecified atom stereocenters. The van der Waals surface area contributed by atoms with Gasteiger partial charge in [0.25, 0.3) is 11.6 Å². The first-order valence-electron chi connectivity index (χ1n) is 8.83. The fraction of sp³-hybridized carbons (Fsp3) is 0.0476. The van der Waals surface area contributed by atoms with E-state index in [0.29, 0.717) is 37.7 Å². The van der Waals surface area contributed by atoms with Gasteiger partial charge < -0.3 is 9.15 Å². The highest BCUT2D eigenvalue weighted by Gasteiger charge is 2.33. The third-order valence-corrected chi connectivity index (χ3v) is 6.06. The lowest BCUT2D eigenvalue weighted by molar-refractivity contribution is -0.384. The summed E-state index contributed by atoms with van der Waals surface area (Å²) in [5, 5.41) is 10.9. The third kappa shape index (κ3) is 4.20. The molecule has 1 saturated heterocycles. The molecule has 31 heavy (non-hydrogen) atoms. The molecule has 0 saturated carbocycles. The summed E-state index contributed by atoms with van der Waals surface area (Å²) in [5.74, 6) is 1.34. The molecule has 1 amide bonds. The zero-order valence-corrected chi connectivity index (χ0v) is 18.3. The number of hydrogen-bond donors (Lipinski definition) is 0. The number of carbonyl (C=O) groups excluding carboxylic acids is 1. The largest absolute Gasteiger partial charge is 0.497 e. The molecule has 4 rings (SSSR count). The lowest BCUT2D eigenvalue weighted by Gasteiger charge is -2.14.